The number of sulfonamides is 1. The molecule has 4 saturated heterocycles. The number of ether oxygens (including phenoxy) is 2. The highest BCUT2D eigenvalue weighted by Crippen LogP contribution is 2.34. The van der Waals surface area contributed by atoms with E-state index in [1.165, 1.54) is 16.4 Å². The Morgan fingerprint density at radius 1 is 0.635 bits per heavy atom. The molecule has 3 N–H and O–H groups in total. The van der Waals surface area contributed by atoms with E-state index in [9.17, 15) is 26.4 Å². The third kappa shape index (κ3) is 9.81. The zero-order valence-electron chi connectivity index (χ0n) is 35.0. The molecule has 21 heteroatoms. The third-order valence-electron chi connectivity index (χ3n) is 12.3. The second kappa shape index (κ2) is 19.1. The van der Waals surface area contributed by atoms with Gasteiger partial charge in [0, 0.05) is 80.4 Å². The number of fused-ring (bicyclic) bond motifs is 2. The van der Waals surface area contributed by atoms with Gasteiger partial charge in [-0.05, 0) is 68.3 Å². The number of H-pyrrole nitrogens is 2. The van der Waals surface area contributed by atoms with Crippen LogP contribution in [0.1, 0.15) is 86.5 Å². The van der Waals surface area contributed by atoms with Crippen molar-refractivity contribution in [3.05, 3.63) is 117 Å². The summed E-state index contributed by atoms with van der Waals surface area (Å²) in [5.74, 6) is 3.96. The maximum Gasteiger partial charge on any atom is 0.276 e. The van der Waals surface area contributed by atoms with Crippen LogP contribution >= 0.6 is 10.7 Å². The molecule has 336 valence electrons. The molecule has 4 fully saturated rings. The molecule has 10 rings (SSSR count). The summed E-state index contributed by atoms with van der Waals surface area (Å²) in [4.78, 5) is 40.3. The highest BCUT2D eigenvalue weighted by Gasteiger charge is 2.40. The summed E-state index contributed by atoms with van der Waals surface area (Å²) in [7, 11) is -2.10. The quantitative estimate of drug-likeness (QED) is 0.193. The number of rotatable bonds is 7. The maximum atomic E-state index is 13.1. The van der Waals surface area contributed by atoms with Gasteiger partial charge in [-0.15, -0.1) is 0 Å². The van der Waals surface area contributed by atoms with Crippen molar-refractivity contribution < 1.29 is 26.3 Å². The zero-order chi connectivity index (χ0) is 44.3. The molecule has 63 heavy (non-hydrogen) atoms. The van der Waals surface area contributed by atoms with Crippen LogP contribution in [0.4, 0.5) is 0 Å². The minimum atomic E-state index is -3.60. The van der Waals surface area contributed by atoms with Crippen molar-refractivity contribution in [2.75, 3.05) is 52.6 Å². The number of benzene rings is 2. The van der Waals surface area contributed by atoms with E-state index in [0.717, 1.165) is 69.5 Å². The number of halogens is 1. The summed E-state index contributed by atoms with van der Waals surface area (Å²) in [6.45, 7) is 9.47. The fourth-order valence-corrected chi connectivity index (χ4v) is 11.0. The first-order chi connectivity index (χ1) is 30.3. The van der Waals surface area contributed by atoms with Crippen LogP contribution in [0.5, 0.6) is 0 Å². The van der Waals surface area contributed by atoms with Gasteiger partial charge in [-0.3, -0.25) is 9.59 Å². The van der Waals surface area contributed by atoms with E-state index in [-0.39, 0.29) is 51.1 Å². The normalized spacial score (nSPS) is 22.7. The molecular formula is C42H51ClN10O8S2. The smallest absolute Gasteiger partial charge is 0.276 e. The predicted molar refractivity (Wildman–Crippen MR) is 234 cm³/mol. The average Bonchev–Trinajstić information content (AvgIpc) is 4.11. The highest BCUT2D eigenvalue weighted by molar-refractivity contribution is 8.13. The van der Waals surface area contributed by atoms with Crippen molar-refractivity contribution in [3.63, 3.8) is 0 Å². The van der Waals surface area contributed by atoms with Crippen molar-refractivity contribution in [2.45, 2.75) is 73.0 Å². The van der Waals surface area contributed by atoms with Gasteiger partial charge in [0.25, 0.3) is 20.2 Å². The van der Waals surface area contributed by atoms with Crippen molar-refractivity contribution in [2.24, 2.45) is 11.8 Å². The lowest BCUT2D eigenvalue weighted by molar-refractivity contribution is 0.0831. The number of hydrogen-bond acceptors (Lipinski definition) is 13. The number of hydrogen-bond donors (Lipinski definition) is 3. The first kappa shape index (κ1) is 44.8. The van der Waals surface area contributed by atoms with Crippen LogP contribution in [0, 0.1) is 11.8 Å². The zero-order valence-corrected chi connectivity index (χ0v) is 37.4. The van der Waals surface area contributed by atoms with E-state index >= 15 is 0 Å². The minimum Gasteiger partial charge on any atom is -0.381 e. The Bertz CT molecular complexity index is 2860. The van der Waals surface area contributed by atoms with Gasteiger partial charge in [0.2, 0.25) is 10.0 Å². The maximum absolute atomic E-state index is 13.1. The van der Waals surface area contributed by atoms with E-state index in [2.05, 4.69) is 32.2 Å². The number of nitrogens with one attached hydrogen (secondary N) is 3. The lowest BCUT2D eigenvalue weighted by Gasteiger charge is -2.21. The Hall–Kier alpha value is -4.83. The summed E-state index contributed by atoms with van der Waals surface area (Å²) < 4.78 is 63.1. The molecule has 8 heterocycles. The second-order valence-electron chi connectivity index (χ2n) is 16.5. The molecule has 0 amide bonds. The monoisotopic (exact) mass is 922 g/mol. The molecule has 4 aliphatic heterocycles. The summed E-state index contributed by atoms with van der Waals surface area (Å²) >= 11 is 0. The standard InChI is InChI=1S/C21H25N5O4S.C15H21N5O2.C6H5ClO2S/c1-14-12-25(31(28,29)16-5-3-2-4-6-16)13-17(14)19-23-21(27)18-11-22-20(26(18)24-19)15-7-9-30-10-8-15;1-9-6-16-7-11(9)13-18-15(21)12-8-17-14(20(12)19-13)10-2-4-22-5-3-10;7-10(8,9)6-4-2-1-3-5-6/h2-6,11,14-15,17H,7-10,12-13H2,1H3,(H,23,24,27);8-11,16H,2-7H2,1H3,(H,18,19,21);1-5H. The van der Waals surface area contributed by atoms with Gasteiger partial charge in [-0.1, -0.05) is 50.2 Å². The molecule has 4 unspecified atom stereocenters. The van der Waals surface area contributed by atoms with Gasteiger partial charge in [-0.2, -0.15) is 14.5 Å². The first-order valence-electron chi connectivity index (χ1n) is 21.2. The van der Waals surface area contributed by atoms with Gasteiger partial charge in [0.05, 0.1) is 22.2 Å². The largest absolute Gasteiger partial charge is 0.381 e. The Morgan fingerprint density at radius 2 is 1.11 bits per heavy atom. The molecule has 0 aliphatic carbocycles. The van der Waals surface area contributed by atoms with Crippen LogP contribution in [-0.2, 0) is 28.5 Å². The van der Waals surface area contributed by atoms with Crippen LogP contribution < -0.4 is 16.4 Å². The summed E-state index contributed by atoms with van der Waals surface area (Å²) in [6.07, 6.45) is 6.74. The number of aromatic amines is 2. The summed E-state index contributed by atoms with van der Waals surface area (Å²) in [5, 5.41) is 12.8. The van der Waals surface area contributed by atoms with E-state index < -0.39 is 19.1 Å². The highest BCUT2D eigenvalue weighted by atomic mass is 35.7. The van der Waals surface area contributed by atoms with Crippen molar-refractivity contribution in [1.82, 2.24) is 48.8 Å². The van der Waals surface area contributed by atoms with Crippen molar-refractivity contribution in [3.8, 4) is 0 Å². The summed E-state index contributed by atoms with van der Waals surface area (Å²) in [5.41, 5.74) is 0.579. The molecule has 0 spiro atoms. The van der Waals surface area contributed by atoms with E-state index in [4.69, 9.17) is 30.4 Å². The Labute approximate surface area is 368 Å². The topological polar surface area (TPSA) is 228 Å². The molecule has 0 radical (unpaired) electrons. The van der Waals surface area contributed by atoms with Crippen molar-refractivity contribution in [1.29, 1.82) is 0 Å². The lowest BCUT2D eigenvalue weighted by Crippen LogP contribution is -2.29. The molecule has 2 aromatic carbocycles. The van der Waals surface area contributed by atoms with Gasteiger partial charge >= 0.3 is 0 Å². The molecule has 4 atom stereocenters. The Morgan fingerprint density at radius 3 is 1.56 bits per heavy atom. The van der Waals surface area contributed by atoms with Crippen LogP contribution in [0.3, 0.4) is 0 Å². The molecule has 6 aromatic rings. The molecular weight excluding hydrogens is 872 g/mol. The SMILES string of the molecule is CC1CN(S(=O)(=O)c2ccccc2)CC1c1nn2c(C3CCOCC3)ncc2c(=O)[nH]1.CC1CNCC1c1nn2c(C3CCOCC3)ncc2c(=O)[nH]1.O=S(=O)(Cl)c1ccccc1. The van der Waals surface area contributed by atoms with Crippen LogP contribution in [0.25, 0.3) is 11.0 Å². The minimum absolute atomic E-state index is 0.00846. The van der Waals surface area contributed by atoms with Gasteiger partial charge in [-0.25, -0.2) is 35.8 Å². The fourth-order valence-electron chi connectivity index (χ4n) is 8.64. The molecule has 4 aliphatic rings. The Kier molecular flexibility index (Phi) is 13.6. The second-order valence-corrected chi connectivity index (χ2v) is 21.0. The van der Waals surface area contributed by atoms with E-state index in [1.807, 2.05) is 6.92 Å². The predicted octanol–water partition coefficient (Wildman–Crippen LogP) is 3.98. The third-order valence-corrected chi connectivity index (χ3v) is 15.5. The first-order valence-corrected chi connectivity index (χ1v) is 24.9. The molecule has 18 nitrogen and oxygen atoms in total. The van der Waals surface area contributed by atoms with E-state index in [1.54, 1.807) is 70.0 Å². The molecule has 0 saturated carbocycles. The molecule has 0 bridgehead atoms. The average molecular weight is 924 g/mol. The van der Waals surface area contributed by atoms with Gasteiger partial charge in [0.1, 0.15) is 23.3 Å². The van der Waals surface area contributed by atoms with Crippen LogP contribution in [0.2, 0.25) is 0 Å². The van der Waals surface area contributed by atoms with Crippen molar-refractivity contribution >= 4 is 40.8 Å². The summed E-state index contributed by atoms with van der Waals surface area (Å²) in [6, 6.07) is 16.3. The number of aromatic nitrogens is 8. The Balaban J connectivity index is 0.000000147. The van der Waals surface area contributed by atoms with Crippen LogP contribution in [0.15, 0.2) is 92.4 Å². The fraction of sp³-hybridized carbons (Fsp3) is 0.476. The lowest BCUT2D eigenvalue weighted by atomic mass is 9.97. The van der Waals surface area contributed by atoms with Crippen LogP contribution in [-0.4, -0.2) is 113 Å². The number of imidazole rings is 2. The van der Waals surface area contributed by atoms with Gasteiger partial charge in [0.15, 0.2) is 11.0 Å². The van der Waals surface area contributed by atoms with E-state index in [0.29, 0.717) is 48.5 Å². The molecule has 4 aromatic heterocycles. The number of nitrogens with zero attached hydrogens (tertiary/aromatic N) is 7. The van der Waals surface area contributed by atoms with Gasteiger partial charge < -0.3 is 24.8 Å².